The molecule has 0 radical (unpaired) electrons. The minimum Gasteiger partial charge on any atom is -0.367 e. The molecule has 2 aromatic heterocycles. The number of rotatable bonds is 4. The summed E-state index contributed by atoms with van der Waals surface area (Å²) in [5.41, 5.74) is 3.02. The van der Waals surface area contributed by atoms with E-state index in [9.17, 15) is 4.79 Å². The highest BCUT2D eigenvalue weighted by molar-refractivity contribution is 6.31. The quantitative estimate of drug-likeness (QED) is 0.722. The summed E-state index contributed by atoms with van der Waals surface area (Å²) < 4.78 is 0. The number of carbonyl (C=O) groups is 1. The van der Waals surface area contributed by atoms with Crippen LogP contribution in [-0.4, -0.2) is 53.5 Å². The van der Waals surface area contributed by atoms with Gasteiger partial charge in [-0.2, -0.15) is 0 Å². The molecule has 0 bridgehead atoms. The van der Waals surface area contributed by atoms with Crippen molar-refractivity contribution in [1.82, 2.24) is 14.9 Å². The molecule has 6 nitrogen and oxygen atoms in total. The first-order valence-electron chi connectivity index (χ1n) is 9.16. The maximum atomic E-state index is 12.9. The van der Waals surface area contributed by atoms with Gasteiger partial charge in [-0.05, 0) is 36.9 Å². The number of amides is 1. The van der Waals surface area contributed by atoms with Gasteiger partial charge in [0.25, 0.3) is 5.91 Å². The summed E-state index contributed by atoms with van der Waals surface area (Å²) in [4.78, 5) is 24.9. The Bertz CT molecular complexity index is 962. The zero-order valence-electron chi connectivity index (χ0n) is 15.2. The number of likely N-dealkylation sites (N-methyl/N-ethyl adjacent to an activating group) is 1. The average Bonchev–Trinajstić information content (AvgIpc) is 3.17. The van der Waals surface area contributed by atoms with Gasteiger partial charge in [0.05, 0.1) is 16.9 Å². The van der Waals surface area contributed by atoms with E-state index in [4.69, 9.17) is 11.6 Å². The summed E-state index contributed by atoms with van der Waals surface area (Å²) in [7, 11) is 0. The summed E-state index contributed by atoms with van der Waals surface area (Å²) in [6.45, 7) is 7.12. The van der Waals surface area contributed by atoms with Crippen LogP contribution in [0.25, 0.3) is 11.0 Å². The number of nitrogens with zero attached hydrogens (tertiary/aromatic N) is 3. The van der Waals surface area contributed by atoms with Gasteiger partial charge >= 0.3 is 0 Å². The van der Waals surface area contributed by atoms with E-state index in [1.54, 1.807) is 18.5 Å². The van der Waals surface area contributed by atoms with Gasteiger partial charge in [0, 0.05) is 49.0 Å². The Hall–Kier alpha value is -2.57. The van der Waals surface area contributed by atoms with Crippen molar-refractivity contribution in [2.75, 3.05) is 42.9 Å². The number of H-pyrrole nitrogens is 1. The highest BCUT2D eigenvalue weighted by Gasteiger charge is 2.20. The summed E-state index contributed by atoms with van der Waals surface area (Å²) in [5, 5.41) is 4.45. The van der Waals surface area contributed by atoms with Crippen LogP contribution in [-0.2, 0) is 0 Å². The van der Waals surface area contributed by atoms with Crippen LogP contribution in [0.2, 0.25) is 5.02 Å². The molecule has 140 valence electrons. The third-order valence-corrected chi connectivity index (χ3v) is 5.31. The van der Waals surface area contributed by atoms with Gasteiger partial charge in [-0.15, -0.1) is 0 Å². The first-order chi connectivity index (χ1) is 13.2. The summed E-state index contributed by atoms with van der Waals surface area (Å²) in [5.74, 6) is -0.169. The Balaban J connectivity index is 1.61. The van der Waals surface area contributed by atoms with Crippen LogP contribution in [0.4, 0.5) is 11.4 Å². The topological polar surface area (TPSA) is 64.3 Å². The predicted octanol–water partition coefficient (Wildman–Crippen LogP) is 3.61. The van der Waals surface area contributed by atoms with Crippen LogP contribution in [0.15, 0.2) is 42.7 Å². The first kappa shape index (κ1) is 17.8. The summed E-state index contributed by atoms with van der Waals surface area (Å²) in [6.07, 6.45) is 3.42. The van der Waals surface area contributed by atoms with Crippen molar-refractivity contribution in [1.29, 1.82) is 0 Å². The highest BCUT2D eigenvalue weighted by Crippen LogP contribution is 2.31. The molecule has 0 atom stereocenters. The van der Waals surface area contributed by atoms with E-state index in [2.05, 4.69) is 32.0 Å². The SMILES string of the molecule is CCN1CCN(c2ccc(Cl)cc2NC(=O)c2ccnc3[nH]ccc23)CC1. The number of pyridine rings is 1. The van der Waals surface area contributed by atoms with Crippen LogP contribution >= 0.6 is 11.6 Å². The molecule has 3 aromatic rings. The minimum atomic E-state index is -0.169. The molecule has 3 heterocycles. The molecule has 7 heteroatoms. The van der Waals surface area contributed by atoms with E-state index in [1.807, 2.05) is 24.3 Å². The molecule has 1 aromatic carbocycles. The molecular weight excluding hydrogens is 362 g/mol. The molecule has 27 heavy (non-hydrogen) atoms. The van der Waals surface area contributed by atoms with Crippen molar-refractivity contribution in [3.05, 3.63) is 53.3 Å². The van der Waals surface area contributed by atoms with E-state index < -0.39 is 0 Å². The van der Waals surface area contributed by atoms with Gasteiger partial charge in [0.1, 0.15) is 5.65 Å². The number of hydrogen-bond donors (Lipinski definition) is 2. The van der Waals surface area contributed by atoms with E-state index in [0.717, 1.165) is 49.5 Å². The second-order valence-electron chi connectivity index (χ2n) is 6.64. The Labute approximate surface area is 163 Å². The number of nitrogens with one attached hydrogen (secondary N) is 2. The molecular formula is C20H22ClN5O. The maximum Gasteiger partial charge on any atom is 0.256 e. The van der Waals surface area contributed by atoms with Crippen LogP contribution in [0.3, 0.4) is 0 Å². The Morgan fingerprint density at radius 2 is 2.04 bits per heavy atom. The van der Waals surface area contributed by atoms with Crippen molar-refractivity contribution >= 4 is 39.9 Å². The second-order valence-corrected chi connectivity index (χ2v) is 7.07. The fourth-order valence-electron chi connectivity index (χ4n) is 3.54. The molecule has 1 saturated heterocycles. The van der Waals surface area contributed by atoms with Gasteiger partial charge in [-0.1, -0.05) is 18.5 Å². The smallest absolute Gasteiger partial charge is 0.256 e. The number of anilines is 2. The van der Waals surface area contributed by atoms with Gasteiger partial charge in [-0.3, -0.25) is 4.79 Å². The third kappa shape index (κ3) is 3.63. The minimum absolute atomic E-state index is 0.169. The van der Waals surface area contributed by atoms with E-state index in [-0.39, 0.29) is 5.91 Å². The normalized spacial score (nSPS) is 15.3. The monoisotopic (exact) mass is 383 g/mol. The number of fused-ring (bicyclic) bond motifs is 1. The molecule has 1 amide bonds. The number of halogens is 1. The average molecular weight is 384 g/mol. The molecule has 0 aliphatic carbocycles. The fourth-order valence-corrected chi connectivity index (χ4v) is 3.71. The van der Waals surface area contributed by atoms with Crippen LogP contribution < -0.4 is 10.2 Å². The Kier molecular flexibility index (Phi) is 5.01. The van der Waals surface area contributed by atoms with Gasteiger partial charge in [0.2, 0.25) is 0 Å². The second kappa shape index (κ2) is 7.58. The largest absolute Gasteiger partial charge is 0.367 e. The lowest BCUT2D eigenvalue weighted by atomic mass is 10.1. The fraction of sp³-hybridized carbons (Fsp3) is 0.300. The van der Waals surface area contributed by atoms with Crippen LogP contribution in [0, 0.1) is 0 Å². The molecule has 1 aliphatic rings. The molecule has 1 fully saturated rings. The Morgan fingerprint density at radius 3 is 2.81 bits per heavy atom. The standard InChI is InChI=1S/C20H22ClN5O/c1-2-25-9-11-26(12-10-25)18-4-3-14(21)13-17(18)24-20(27)16-6-8-23-19-15(16)5-7-22-19/h3-8,13H,2,9-12H2,1H3,(H,22,23)(H,24,27). The molecule has 0 spiro atoms. The number of aromatic amines is 1. The summed E-state index contributed by atoms with van der Waals surface area (Å²) in [6, 6.07) is 9.26. The van der Waals surface area contributed by atoms with Crippen molar-refractivity contribution in [3.8, 4) is 0 Å². The molecule has 2 N–H and O–H groups in total. The zero-order chi connectivity index (χ0) is 18.8. The first-order valence-corrected chi connectivity index (χ1v) is 9.54. The van der Waals surface area contributed by atoms with E-state index >= 15 is 0 Å². The number of piperazine rings is 1. The Morgan fingerprint density at radius 1 is 1.22 bits per heavy atom. The van der Waals surface area contributed by atoms with Crippen LogP contribution in [0.1, 0.15) is 17.3 Å². The van der Waals surface area contributed by atoms with Gasteiger partial charge in [0.15, 0.2) is 0 Å². The summed E-state index contributed by atoms with van der Waals surface area (Å²) >= 11 is 6.22. The maximum absolute atomic E-state index is 12.9. The highest BCUT2D eigenvalue weighted by atomic mass is 35.5. The molecule has 1 aliphatic heterocycles. The predicted molar refractivity (Wildman–Crippen MR) is 110 cm³/mol. The van der Waals surface area contributed by atoms with Crippen molar-refractivity contribution in [2.24, 2.45) is 0 Å². The van der Waals surface area contributed by atoms with E-state index in [1.165, 1.54) is 0 Å². The zero-order valence-corrected chi connectivity index (χ0v) is 16.0. The van der Waals surface area contributed by atoms with Crippen molar-refractivity contribution < 1.29 is 4.79 Å². The van der Waals surface area contributed by atoms with E-state index in [0.29, 0.717) is 16.2 Å². The van der Waals surface area contributed by atoms with Crippen molar-refractivity contribution in [3.63, 3.8) is 0 Å². The third-order valence-electron chi connectivity index (χ3n) is 5.07. The molecule has 4 rings (SSSR count). The lowest BCUT2D eigenvalue weighted by Crippen LogP contribution is -2.46. The van der Waals surface area contributed by atoms with Crippen LogP contribution in [0.5, 0.6) is 0 Å². The number of aromatic nitrogens is 2. The number of carbonyl (C=O) groups excluding carboxylic acids is 1. The number of benzene rings is 1. The van der Waals surface area contributed by atoms with Gasteiger partial charge < -0.3 is 20.1 Å². The lowest BCUT2D eigenvalue weighted by Gasteiger charge is -2.36. The molecule has 0 saturated carbocycles. The van der Waals surface area contributed by atoms with Gasteiger partial charge in [-0.25, -0.2) is 4.98 Å². The lowest BCUT2D eigenvalue weighted by molar-refractivity contribution is 0.102. The van der Waals surface area contributed by atoms with Crippen molar-refractivity contribution in [2.45, 2.75) is 6.92 Å². The number of hydrogen-bond acceptors (Lipinski definition) is 4. The molecule has 0 unspecified atom stereocenters.